The minimum Gasteiger partial charge on any atom is -0.508 e. The molecule has 5 atom stereocenters. The van der Waals surface area contributed by atoms with Gasteiger partial charge in [0.25, 0.3) is 0 Å². The molecule has 0 amide bonds. The summed E-state index contributed by atoms with van der Waals surface area (Å²) in [6, 6.07) is 11.7. The maximum atomic E-state index is 12.1. The van der Waals surface area contributed by atoms with Crippen molar-refractivity contribution < 1.29 is 48.0 Å². The first-order valence-electron chi connectivity index (χ1n) is 11.8. The van der Waals surface area contributed by atoms with Crippen LogP contribution in [0.1, 0.15) is 50.5 Å². The zero-order valence-electron chi connectivity index (χ0n) is 21.3. The predicted molar refractivity (Wildman–Crippen MR) is 133 cm³/mol. The molecule has 2 aromatic rings. The van der Waals surface area contributed by atoms with Crippen molar-refractivity contribution in [2.45, 2.75) is 64.6 Å². The van der Waals surface area contributed by atoms with Crippen molar-refractivity contribution in [2.75, 3.05) is 6.61 Å². The topological polar surface area (TPSA) is 135 Å². The Kier molecular flexibility index (Phi) is 9.71. The molecule has 1 aliphatic rings. The summed E-state index contributed by atoms with van der Waals surface area (Å²) in [7, 11) is 0. The molecule has 0 aromatic heterocycles. The summed E-state index contributed by atoms with van der Waals surface area (Å²) >= 11 is 6.47. The summed E-state index contributed by atoms with van der Waals surface area (Å²) in [6.07, 6.45) is -5.36. The van der Waals surface area contributed by atoms with Crippen LogP contribution in [0.5, 0.6) is 5.75 Å². The van der Waals surface area contributed by atoms with Crippen molar-refractivity contribution in [3.05, 3.63) is 64.2 Å². The van der Waals surface area contributed by atoms with E-state index < -0.39 is 54.4 Å². The summed E-state index contributed by atoms with van der Waals surface area (Å²) in [5, 5.41) is 10.0. The van der Waals surface area contributed by atoms with Gasteiger partial charge in [0.15, 0.2) is 18.3 Å². The zero-order valence-corrected chi connectivity index (χ0v) is 22.1. The van der Waals surface area contributed by atoms with Crippen LogP contribution in [0.25, 0.3) is 0 Å². The number of carbonyl (C=O) groups excluding carboxylic acids is 4. The Bertz CT molecular complexity index is 1180. The second-order valence-electron chi connectivity index (χ2n) is 8.81. The molecule has 0 aliphatic carbocycles. The molecule has 0 bridgehead atoms. The van der Waals surface area contributed by atoms with Crippen LogP contribution < -0.4 is 0 Å². The van der Waals surface area contributed by atoms with Crippen LogP contribution in [0.4, 0.5) is 0 Å². The molecule has 1 fully saturated rings. The number of benzene rings is 2. The van der Waals surface area contributed by atoms with E-state index in [1.807, 2.05) is 0 Å². The van der Waals surface area contributed by atoms with Gasteiger partial charge < -0.3 is 28.8 Å². The van der Waals surface area contributed by atoms with E-state index in [0.717, 1.165) is 12.5 Å². The number of ether oxygens (including phenoxy) is 5. The first kappa shape index (κ1) is 28.9. The molecule has 1 saturated heterocycles. The number of esters is 4. The van der Waals surface area contributed by atoms with Gasteiger partial charge in [-0.15, -0.1) is 0 Å². The Labute approximate surface area is 224 Å². The molecule has 0 radical (unpaired) electrons. The molecule has 3 rings (SSSR count). The lowest BCUT2D eigenvalue weighted by molar-refractivity contribution is -0.254. The van der Waals surface area contributed by atoms with Gasteiger partial charge in [0.2, 0.25) is 0 Å². The Morgan fingerprint density at radius 1 is 0.816 bits per heavy atom. The van der Waals surface area contributed by atoms with Crippen LogP contribution in [-0.2, 0) is 49.3 Å². The summed E-state index contributed by atoms with van der Waals surface area (Å²) < 4.78 is 27.8. The summed E-state index contributed by atoms with van der Waals surface area (Å²) in [4.78, 5) is 47.6. The molecule has 38 heavy (non-hydrogen) atoms. The molecule has 0 spiro atoms. The number of rotatable bonds is 8. The van der Waals surface area contributed by atoms with Crippen LogP contribution in [0.3, 0.4) is 0 Å². The molecule has 0 saturated carbocycles. The second-order valence-corrected chi connectivity index (χ2v) is 9.22. The average Bonchev–Trinajstić information content (AvgIpc) is 2.82. The lowest BCUT2D eigenvalue weighted by Crippen LogP contribution is -2.59. The first-order chi connectivity index (χ1) is 17.9. The normalized spacial score (nSPS) is 22.7. The van der Waals surface area contributed by atoms with Gasteiger partial charge in [-0.1, -0.05) is 35.9 Å². The van der Waals surface area contributed by atoms with Gasteiger partial charge in [0, 0.05) is 32.7 Å². The van der Waals surface area contributed by atoms with E-state index in [1.54, 1.807) is 42.5 Å². The summed E-state index contributed by atoms with van der Waals surface area (Å²) in [5.41, 5.74) is 2.12. The predicted octanol–water partition coefficient (Wildman–Crippen LogP) is 3.43. The molecular formula is C27H29ClO10. The van der Waals surface area contributed by atoms with E-state index in [1.165, 1.54) is 20.8 Å². The summed E-state index contributed by atoms with van der Waals surface area (Å²) in [6.45, 7) is 4.41. The maximum Gasteiger partial charge on any atom is 0.303 e. The lowest BCUT2D eigenvalue weighted by Gasteiger charge is -2.44. The third-order valence-corrected chi connectivity index (χ3v) is 6.09. The van der Waals surface area contributed by atoms with E-state index in [4.69, 9.17) is 35.3 Å². The number of phenols is 1. The van der Waals surface area contributed by atoms with Crippen molar-refractivity contribution in [3.63, 3.8) is 0 Å². The summed E-state index contributed by atoms with van der Waals surface area (Å²) in [5.74, 6) is -2.56. The molecule has 1 N–H and O–H groups in total. The highest BCUT2D eigenvalue weighted by molar-refractivity contribution is 6.31. The van der Waals surface area contributed by atoms with Crippen molar-refractivity contribution >= 4 is 35.5 Å². The van der Waals surface area contributed by atoms with E-state index >= 15 is 0 Å². The van der Waals surface area contributed by atoms with Crippen LogP contribution in [0.15, 0.2) is 42.5 Å². The number of phenolic OH excluding ortho intramolecular Hbond substituents is 1. The highest BCUT2D eigenvalue weighted by Crippen LogP contribution is 2.39. The Balaban J connectivity index is 2.06. The molecule has 2 unspecified atom stereocenters. The smallest absolute Gasteiger partial charge is 0.303 e. The third-order valence-electron chi connectivity index (χ3n) is 5.72. The molecule has 2 aromatic carbocycles. The standard InChI is InChI=1S/C27H29ClO10/c1-14(29)34-13-23-25(35-15(2)30)27(37-17(4)32)26(36-16(3)31)24(38-23)19-7-10-22(28)20(12-19)11-18-5-8-21(33)9-6-18/h5-10,12,23-27,33H,11,13H2,1-4H3/t23-,24+,25?,26?,27+/m1/s1. The van der Waals surface area contributed by atoms with Crippen molar-refractivity contribution in [1.82, 2.24) is 0 Å². The van der Waals surface area contributed by atoms with Crippen molar-refractivity contribution in [3.8, 4) is 5.75 Å². The van der Waals surface area contributed by atoms with Crippen LogP contribution in [0, 0.1) is 0 Å². The van der Waals surface area contributed by atoms with Gasteiger partial charge in [0.1, 0.15) is 24.6 Å². The van der Waals surface area contributed by atoms with Crippen molar-refractivity contribution in [1.29, 1.82) is 0 Å². The highest BCUT2D eigenvalue weighted by atomic mass is 35.5. The van der Waals surface area contributed by atoms with Gasteiger partial charge in [-0.2, -0.15) is 0 Å². The van der Waals surface area contributed by atoms with Crippen LogP contribution >= 0.6 is 11.6 Å². The average molecular weight is 549 g/mol. The van der Waals surface area contributed by atoms with Gasteiger partial charge in [0.05, 0.1) is 0 Å². The van der Waals surface area contributed by atoms with Crippen molar-refractivity contribution in [2.24, 2.45) is 0 Å². The van der Waals surface area contributed by atoms with E-state index in [0.29, 0.717) is 22.6 Å². The fourth-order valence-electron chi connectivity index (χ4n) is 4.24. The number of carbonyl (C=O) groups is 4. The number of aromatic hydroxyl groups is 1. The monoisotopic (exact) mass is 548 g/mol. The largest absolute Gasteiger partial charge is 0.508 e. The number of hydrogen-bond donors (Lipinski definition) is 1. The van der Waals surface area contributed by atoms with E-state index in [9.17, 15) is 24.3 Å². The highest BCUT2D eigenvalue weighted by Gasteiger charge is 2.52. The molecule has 204 valence electrons. The zero-order chi connectivity index (χ0) is 28.0. The van der Waals surface area contributed by atoms with Gasteiger partial charge in [-0.05, 0) is 41.3 Å². The van der Waals surface area contributed by atoms with E-state index in [-0.39, 0.29) is 12.4 Å². The minimum absolute atomic E-state index is 0.131. The van der Waals surface area contributed by atoms with Gasteiger partial charge in [-0.25, -0.2) is 0 Å². The van der Waals surface area contributed by atoms with Crippen LogP contribution in [-0.4, -0.2) is 60.0 Å². The fourth-order valence-corrected chi connectivity index (χ4v) is 4.42. The van der Waals surface area contributed by atoms with Gasteiger partial charge >= 0.3 is 23.9 Å². The molecule has 11 heteroatoms. The quantitative estimate of drug-likeness (QED) is 0.386. The third kappa shape index (κ3) is 7.69. The number of halogens is 1. The number of hydrogen-bond acceptors (Lipinski definition) is 10. The SMILES string of the molecule is CC(=O)OC[C@H]1O[C@@H](c2ccc(Cl)c(Cc3ccc(O)cc3)c2)C(OC(C)=O)[C@@H](OC(C)=O)C1OC(C)=O. The molecular weight excluding hydrogens is 520 g/mol. The van der Waals surface area contributed by atoms with E-state index in [2.05, 4.69) is 0 Å². The Morgan fingerprint density at radius 3 is 1.97 bits per heavy atom. The second kappa shape index (κ2) is 12.7. The Morgan fingerprint density at radius 2 is 1.39 bits per heavy atom. The molecule has 10 nitrogen and oxygen atoms in total. The lowest BCUT2D eigenvalue weighted by atomic mass is 9.89. The molecule has 1 heterocycles. The van der Waals surface area contributed by atoms with Gasteiger partial charge in [-0.3, -0.25) is 19.2 Å². The fraction of sp³-hybridized carbons (Fsp3) is 0.407. The molecule has 1 aliphatic heterocycles. The Hall–Kier alpha value is -3.63. The van der Waals surface area contributed by atoms with Crippen LogP contribution in [0.2, 0.25) is 5.02 Å². The first-order valence-corrected chi connectivity index (χ1v) is 12.2. The maximum absolute atomic E-state index is 12.1. The minimum atomic E-state index is -1.27.